The third-order valence-corrected chi connectivity index (χ3v) is 3.09. The Balaban J connectivity index is 2.27. The number of ether oxygens (including phenoxy) is 1. The van der Waals surface area contributed by atoms with Crippen molar-refractivity contribution in [2.45, 2.75) is 32.7 Å². The fourth-order valence-corrected chi connectivity index (χ4v) is 2.58. The summed E-state index contributed by atoms with van der Waals surface area (Å²) in [6.07, 6.45) is 3.48. The second kappa shape index (κ2) is 2.82. The van der Waals surface area contributed by atoms with Crippen molar-refractivity contribution < 1.29 is 4.74 Å². The first-order valence-corrected chi connectivity index (χ1v) is 5.08. The van der Waals surface area contributed by atoms with Gasteiger partial charge >= 0.3 is 0 Å². The summed E-state index contributed by atoms with van der Waals surface area (Å²) in [5, 5.41) is 3.57. The topological polar surface area (TPSA) is 21.3 Å². The van der Waals surface area contributed by atoms with Crippen LogP contribution in [0.2, 0.25) is 0 Å². The molecule has 0 aliphatic carbocycles. The van der Waals surface area contributed by atoms with Crippen molar-refractivity contribution in [3.05, 3.63) is 11.6 Å². The average molecular weight is 181 g/mol. The maximum atomic E-state index is 5.50. The van der Waals surface area contributed by atoms with Gasteiger partial charge in [-0.2, -0.15) is 0 Å². The van der Waals surface area contributed by atoms with Crippen LogP contribution in [-0.4, -0.2) is 25.3 Å². The lowest BCUT2D eigenvalue weighted by Crippen LogP contribution is -2.46. The third-order valence-electron chi connectivity index (χ3n) is 3.09. The number of hydrogen-bond donors (Lipinski definition) is 1. The van der Waals surface area contributed by atoms with E-state index in [1.807, 2.05) is 0 Å². The number of nitrogens with one attached hydrogen (secondary N) is 1. The minimum Gasteiger partial charge on any atom is -0.379 e. The second-order valence-electron chi connectivity index (χ2n) is 5.13. The van der Waals surface area contributed by atoms with Crippen LogP contribution in [0.5, 0.6) is 0 Å². The van der Waals surface area contributed by atoms with Crippen molar-refractivity contribution in [3.8, 4) is 0 Å². The summed E-state index contributed by atoms with van der Waals surface area (Å²) in [5.41, 5.74) is 1.99. The average Bonchev–Trinajstić information content (AvgIpc) is 2.60. The van der Waals surface area contributed by atoms with E-state index in [0.29, 0.717) is 0 Å². The van der Waals surface area contributed by atoms with Gasteiger partial charge in [0.1, 0.15) is 0 Å². The molecule has 0 aromatic rings. The Bertz CT molecular complexity index is 231. The third kappa shape index (κ3) is 1.42. The zero-order valence-electron chi connectivity index (χ0n) is 8.81. The van der Waals surface area contributed by atoms with Gasteiger partial charge in [-0.15, -0.1) is 0 Å². The van der Waals surface area contributed by atoms with Gasteiger partial charge in [-0.25, -0.2) is 0 Å². The van der Waals surface area contributed by atoms with Crippen molar-refractivity contribution in [2.24, 2.45) is 5.41 Å². The first-order valence-electron chi connectivity index (χ1n) is 5.08. The molecule has 0 bridgehead atoms. The quantitative estimate of drug-likeness (QED) is 0.575. The molecule has 0 saturated carbocycles. The molecule has 2 heteroatoms. The molecule has 0 unspecified atom stereocenters. The standard InChI is InChI=1S/C11H19NO/c1-10(2,3)9-4-6-12-11(9)5-7-13-8-11/h4,12H,5-8H2,1-3H3/t11-/m0/s1. The Labute approximate surface area is 80.4 Å². The zero-order valence-corrected chi connectivity index (χ0v) is 8.81. The van der Waals surface area contributed by atoms with E-state index in [9.17, 15) is 0 Å². The van der Waals surface area contributed by atoms with Crippen LogP contribution < -0.4 is 5.32 Å². The summed E-state index contributed by atoms with van der Waals surface area (Å²) in [4.78, 5) is 0. The normalized spacial score (nSPS) is 34.2. The van der Waals surface area contributed by atoms with Gasteiger partial charge in [0.15, 0.2) is 0 Å². The van der Waals surface area contributed by atoms with Crippen molar-refractivity contribution in [1.29, 1.82) is 0 Å². The SMILES string of the molecule is CC(C)(C)C1=CCN[C@]12CCOC2. The smallest absolute Gasteiger partial charge is 0.0688 e. The summed E-state index contributed by atoms with van der Waals surface area (Å²) in [6, 6.07) is 0. The molecule has 0 amide bonds. The molecule has 1 saturated heterocycles. The molecule has 0 radical (unpaired) electrons. The number of hydrogen-bond acceptors (Lipinski definition) is 2. The van der Waals surface area contributed by atoms with E-state index in [2.05, 4.69) is 32.2 Å². The van der Waals surface area contributed by atoms with Gasteiger partial charge in [-0.3, -0.25) is 0 Å². The predicted octanol–water partition coefficient (Wildman–Crippen LogP) is 1.72. The van der Waals surface area contributed by atoms with Crippen LogP contribution in [0.3, 0.4) is 0 Å². The van der Waals surface area contributed by atoms with Crippen LogP contribution in [0.25, 0.3) is 0 Å². The molecule has 1 N–H and O–H groups in total. The molecule has 2 aliphatic heterocycles. The molecule has 0 aromatic carbocycles. The molecule has 2 nitrogen and oxygen atoms in total. The Morgan fingerprint density at radius 1 is 1.46 bits per heavy atom. The zero-order chi connectivity index (χ0) is 9.53. The first-order chi connectivity index (χ1) is 6.05. The van der Waals surface area contributed by atoms with Crippen LogP contribution in [0.1, 0.15) is 27.2 Å². The summed E-state index contributed by atoms with van der Waals surface area (Å²) >= 11 is 0. The maximum Gasteiger partial charge on any atom is 0.0688 e. The molecular weight excluding hydrogens is 162 g/mol. The lowest BCUT2D eigenvalue weighted by Gasteiger charge is -2.34. The number of rotatable bonds is 0. The molecule has 13 heavy (non-hydrogen) atoms. The molecule has 74 valence electrons. The van der Waals surface area contributed by atoms with Crippen molar-refractivity contribution >= 4 is 0 Å². The van der Waals surface area contributed by atoms with Gasteiger partial charge in [-0.05, 0) is 17.4 Å². The fraction of sp³-hybridized carbons (Fsp3) is 0.818. The van der Waals surface area contributed by atoms with Crippen LogP contribution >= 0.6 is 0 Å². The van der Waals surface area contributed by atoms with Crippen LogP contribution in [0, 0.1) is 5.41 Å². The van der Waals surface area contributed by atoms with Gasteiger partial charge in [0.05, 0.1) is 12.1 Å². The monoisotopic (exact) mass is 181 g/mol. The van der Waals surface area contributed by atoms with Crippen LogP contribution in [0.15, 0.2) is 11.6 Å². The van der Waals surface area contributed by atoms with Crippen LogP contribution in [0.4, 0.5) is 0 Å². The largest absolute Gasteiger partial charge is 0.379 e. The molecule has 1 fully saturated rings. The Morgan fingerprint density at radius 3 is 2.77 bits per heavy atom. The lowest BCUT2D eigenvalue weighted by molar-refractivity contribution is 0.174. The van der Waals surface area contributed by atoms with E-state index in [-0.39, 0.29) is 11.0 Å². The van der Waals surface area contributed by atoms with Gasteiger partial charge < -0.3 is 10.1 Å². The maximum absolute atomic E-state index is 5.50. The van der Waals surface area contributed by atoms with Gasteiger partial charge in [0.2, 0.25) is 0 Å². The highest BCUT2D eigenvalue weighted by atomic mass is 16.5. The fourth-order valence-electron chi connectivity index (χ4n) is 2.58. The highest BCUT2D eigenvalue weighted by molar-refractivity contribution is 5.32. The lowest BCUT2D eigenvalue weighted by atomic mass is 9.75. The molecule has 2 aliphatic rings. The Hall–Kier alpha value is -0.340. The summed E-state index contributed by atoms with van der Waals surface area (Å²) in [7, 11) is 0. The van der Waals surface area contributed by atoms with E-state index < -0.39 is 0 Å². The second-order valence-corrected chi connectivity index (χ2v) is 5.13. The van der Waals surface area contributed by atoms with Gasteiger partial charge in [-0.1, -0.05) is 26.8 Å². The van der Waals surface area contributed by atoms with E-state index in [4.69, 9.17) is 4.74 Å². The van der Waals surface area contributed by atoms with E-state index in [1.54, 1.807) is 0 Å². The van der Waals surface area contributed by atoms with E-state index in [1.165, 1.54) is 5.57 Å². The molecule has 2 heterocycles. The van der Waals surface area contributed by atoms with Crippen molar-refractivity contribution in [1.82, 2.24) is 5.32 Å². The van der Waals surface area contributed by atoms with Gasteiger partial charge in [0, 0.05) is 13.2 Å². The van der Waals surface area contributed by atoms with Crippen LogP contribution in [-0.2, 0) is 4.74 Å². The minimum atomic E-state index is 0.179. The summed E-state index contributed by atoms with van der Waals surface area (Å²) < 4.78 is 5.50. The first kappa shape index (κ1) is 9.22. The minimum absolute atomic E-state index is 0.179. The Morgan fingerprint density at radius 2 is 2.23 bits per heavy atom. The van der Waals surface area contributed by atoms with E-state index in [0.717, 1.165) is 26.2 Å². The summed E-state index contributed by atoms with van der Waals surface area (Å²) in [6.45, 7) is 9.62. The predicted molar refractivity (Wildman–Crippen MR) is 53.7 cm³/mol. The van der Waals surface area contributed by atoms with Gasteiger partial charge in [0.25, 0.3) is 0 Å². The Kier molecular flexibility index (Phi) is 2.00. The molecule has 0 aromatic heterocycles. The van der Waals surface area contributed by atoms with Crippen molar-refractivity contribution in [3.63, 3.8) is 0 Å². The highest BCUT2D eigenvalue weighted by Gasteiger charge is 2.44. The molecule has 2 rings (SSSR count). The molecule has 1 spiro atoms. The summed E-state index contributed by atoms with van der Waals surface area (Å²) in [5.74, 6) is 0. The molecule has 1 atom stereocenters. The van der Waals surface area contributed by atoms with Crippen molar-refractivity contribution in [2.75, 3.05) is 19.8 Å². The highest BCUT2D eigenvalue weighted by Crippen LogP contribution is 2.40. The van der Waals surface area contributed by atoms with E-state index >= 15 is 0 Å². The molecular formula is C11H19NO.